The lowest BCUT2D eigenvalue weighted by molar-refractivity contribution is 0.134. The minimum atomic E-state index is 0.705. The lowest BCUT2D eigenvalue weighted by Crippen LogP contribution is -2.38. The van der Waals surface area contributed by atoms with Crippen molar-refractivity contribution >= 4 is 23.1 Å². The molecule has 15 heavy (non-hydrogen) atoms. The Morgan fingerprint density at radius 3 is 3.07 bits per heavy atom. The molecule has 5 heteroatoms. The lowest BCUT2D eigenvalue weighted by Gasteiger charge is -2.34. The largest absolute Gasteiger partial charge is 0.294 e. The Morgan fingerprint density at radius 2 is 2.40 bits per heavy atom. The van der Waals surface area contributed by atoms with E-state index in [4.69, 9.17) is 11.6 Å². The Labute approximate surface area is 99.6 Å². The molecule has 2 heterocycles. The van der Waals surface area contributed by atoms with E-state index in [-0.39, 0.29) is 0 Å². The molecule has 1 aromatic rings. The van der Waals surface area contributed by atoms with Crippen molar-refractivity contribution in [1.82, 2.24) is 14.5 Å². The average Bonchev–Trinajstić information content (AvgIpc) is 2.65. The van der Waals surface area contributed by atoms with E-state index in [2.05, 4.69) is 21.4 Å². The minimum Gasteiger partial charge on any atom is -0.294 e. The van der Waals surface area contributed by atoms with Crippen molar-refractivity contribution in [2.24, 2.45) is 0 Å². The molecular formula is C10H16ClN3S. The maximum absolute atomic E-state index is 6.02. The third-order valence-corrected chi connectivity index (χ3v) is 4.07. The summed E-state index contributed by atoms with van der Waals surface area (Å²) in [4.78, 5) is 2.49. The molecule has 1 aliphatic heterocycles. The molecule has 2 rings (SSSR count). The number of aromatic nitrogens is 2. The quantitative estimate of drug-likeness (QED) is 0.820. The van der Waals surface area contributed by atoms with Crippen molar-refractivity contribution in [3.63, 3.8) is 0 Å². The molecule has 0 unspecified atom stereocenters. The zero-order chi connectivity index (χ0) is 10.7. The van der Waals surface area contributed by atoms with Gasteiger partial charge in [0.05, 0.1) is 0 Å². The Morgan fingerprint density at radius 1 is 1.53 bits per heavy atom. The van der Waals surface area contributed by atoms with Crippen molar-refractivity contribution in [2.75, 3.05) is 6.54 Å². The molecule has 0 spiro atoms. The van der Waals surface area contributed by atoms with E-state index in [9.17, 15) is 0 Å². The highest BCUT2D eigenvalue weighted by Crippen LogP contribution is 2.24. The van der Waals surface area contributed by atoms with Gasteiger partial charge in [-0.05, 0) is 25.8 Å². The van der Waals surface area contributed by atoms with Gasteiger partial charge in [-0.2, -0.15) is 0 Å². The van der Waals surface area contributed by atoms with Crippen LogP contribution in [0.5, 0.6) is 0 Å². The fourth-order valence-corrected chi connectivity index (χ4v) is 2.83. The number of piperidine rings is 1. The Balaban J connectivity index is 2.00. The van der Waals surface area contributed by atoms with Gasteiger partial charge in [0.25, 0.3) is 0 Å². The van der Waals surface area contributed by atoms with Crippen LogP contribution in [0.2, 0.25) is 4.34 Å². The van der Waals surface area contributed by atoms with Crippen LogP contribution in [0, 0.1) is 0 Å². The monoisotopic (exact) mass is 245 g/mol. The maximum atomic E-state index is 6.02. The number of nitrogens with zero attached hydrogens (tertiary/aromatic N) is 3. The van der Waals surface area contributed by atoms with Gasteiger partial charge in [-0.25, -0.2) is 0 Å². The van der Waals surface area contributed by atoms with Crippen LogP contribution in [-0.4, -0.2) is 27.1 Å². The van der Waals surface area contributed by atoms with Crippen LogP contribution < -0.4 is 0 Å². The van der Waals surface area contributed by atoms with Crippen molar-refractivity contribution in [2.45, 2.75) is 45.2 Å². The van der Waals surface area contributed by atoms with E-state index in [1.165, 1.54) is 43.8 Å². The molecule has 1 saturated heterocycles. The predicted molar refractivity (Wildman–Crippen MR) is 63.3 cm³/mol. The average molecular weight is 246 g/mol. The molecular weight excluding hydrogens is 230 g/mol. The topological polar surface area (TPSA) is 29.0 Å². The summed E-state index contributed by atoms with van der Waals surface area (Å²) in [5, 5.41) is 4.07. The van der Waals surface area contributed by atoms with Crippen molar-refractivity contribution < 1.29 is 0 Å². The van der Waals surface area contributed by atoms with Gasteiger partial charge in [0.1, 0.15) is 10.0 Å². The number of rotatable bonds is 3. The summed E-state index contributed by atoms with van der Waals surface area (Å²) in [6.45, 7) is 4.30. The summed E-state index contributed by atoms with van der Waals surface area (Å²) < 4.78 is 4.62. The molecule has 84 valence electrons. The van der Waals surface area contributed by atoms with E-state index in [1.807, 2.05) is 0 Å². The molecule has 0 aliphatic carbocycles. The molecule has 1 aromatic heterocycles. The van der Waals surface area contributed by atoms with Gasteiger partial charge >= 0.3 is 0 Å². The predicted octanol–water partition coefficient (Wildman–Crippen LogP) is 2.96. The van der Waals surface area contributed by atoms with Crippen molar-refractivity contribution in [3.05, 3.63) is 10.0 Å². The SMILES string of the molecule is CC[C@H]1CCCCN1Cc1nnsc1Cl. The van der Waals surface area contributed by atoms with Crippen LogP contribution in [-0.2, 0) is 6.54 Å². The molecule has 0 N–H and O–H groups in total. The minimum absolute atomic E-state index is 0.705. The van der Waals surface area contributed by atoms with Crippen LogP contribution in [0.25, 0.3) is 0 Å². The first kappa shape index (κ1) is 11.3. The second-order valence-corrected chi connectivity index (χ2v) is 5.38. The second kappa shape index (κ2) is 5.23. The fourth-order valence-electron chi connectivity index (χ4n) is 2.21. The Bertz CT molecular complexity index is 315. The maximum Gasteiger partial charge on any atom is 0.138 e. The number of hydrogen-bond donors (Lipinski definition) is 0. The van der Waals surface area contributed by atoms with Gasteiger partial charge in [-0.3, -0.25) is 4.90 Å². The standard InChI is InChI=1S/C10H16ClN3S/c1-2-8-5-3-4-6-14(8)7-9-10(11)15-13-12-9/h8H,2-7H2,1H3/t8-/m0/s1. The van der Waals surface area contributed by atoms with E-state index < -0.39 is 0 Å². The Kier molecular flexibility index (Phi) is 3.94. The van der Waals surface area contributed by atoms with Crippen LogP contribution in [0.15, 0.2) is 0 Å². The fraction of sp³-hybridized carbons (Fsp3) is 0.800. The van der Waals surface area contributed by atoms with Crippen LogP contribution in [0.3, 0.4) is 0 Å². The zero-order valence-corrected chi connectivity index (χ0v) is 10.5. The molecule has 0 aromatic carbocycles. The first-order chi connectivity index (χ1) is 7.31. The van der Waals surface area contributed by atoms with Crippen LogP contribution in [0.1, 0.15) is 38.3 Å². The van der Waals surface area contributed by atoms with Crippen molar-refractivity contribution in [1.29, 1.82) is 0 Å². The van der Waals surface area contributed by atoms with Crippen molar-refractivity contribution in [3.8, 4) is 0 Å². The summed E-state index contributed by atoms with van der Waals surface area (Å²) in [6.07, 6.45) is 5.19. The first-order valence-electron chi connectivity index (χ1n) is 5.52. The molecule has 1 atom stereocenters. The molecule has 3 nitrogen and oxygen atoms in total. The summed E-state index contributed by atoms with van der Waals surface area (Å²) in [7, 11) is 0. The van der Waals surface area contributed by atoms with Crippen LogP contribution >= 0.6 is 23.1 Å². The summed E-state index contributed by atoms with van der Waals surface area (Å²) in [5.74, 6) is 0. The van der Waals surface area contributed by atoms with Gasteiger partial charge in [0, 0.05) is 24.1 Å². The number of halogens is 1. The lowest BCUT2D eigenvalue weighted by atomic mass is 10.00. The van der Waals surface area contributed by atoms with Gasteiger partial charge in [0.15, 0.2) is 0 Å². The third-order valence-electron chi connectivity index (χ3n) is 3.08. The van der Waals surface area contributed by atoms with E-state index in [0.717, 1.165) is 16.6 Å². The number of likely N-dealkylation sites (tertiary alicyclic amines) is 1. The molecule has 0 bridgehead atoms. The molecule has 1 fully saturated rings. The van der Waals surface area contributed by atoms with E-state index in [0.29, 0.717) is 6.04 Å². The highest BCUT2D eigenvalue weighted by Gasteiger charge is 2.22. The highest BCUT2D eigenvalue weighted by atomic mass is 35.5. The molecule has 0 amide bonds. The van der Waals surface area contributed by atoms with Gasteiger partial charge < -0.3 is 0 Å². The molecule has 0 radical (unpaired) electrons. The third kappa shape index (κ3) is 2.68. The number of hydrogen-bond acceptors (Lipinski definition) is 4. The molecule has 1 aliphatic rings. The summed E-state index contributed by atoms with van der Waals surface area (Å²) in [5.41, 5.74) is 0.946. The van der Waals surface area contributed by atoms with E-state index in [1.54, 1.807) is 0 Å². The summed E-state index contributed by atoms with van der Waals surface area (Å²) >= 11 is 7.30. The van der Waals surface area contributed by atoms with Gasteiger partial charge in [-0.15, -0.1) is 5.10 Å². The second-order valence-electron chi connectivity index (χ2n) is 4.02. The highest BCUT2D eigenvalue weighted by molar-refractivity contribution is 7.10. The normalized spacial score (nSPS) is 23.2. The van der Waals surface area contributed by atoms with Crippen LogP contribution in [0.4, 0.5) is 0 Å². The summed E-state index contributed by atoms with van der Waals surface area (Å²) in [6, 6.07) is 0.705. The van der Waals surface area contributed by atoms with Gasteiger partial charge in [0.2, 0.25) is 0 Å². The smallest absolute Gasteiger partial charge is 0.138 e. The molecule has 0 saturated carbocycles. The van der Waals surface area contributed by atoms with E-state index >= 15 is 0 Å². The first-order valence-corrected chi connectivity index (χ1v) is 6.67. The Hall–Kier alpha value is -0.190. The van der Waals surface area contributed by atoms with Gasteiger partial charge in [-0.1, -0.05) is 29.4 Å². The zero-order valence-electron chi connectivity index (χ0n) is 8.95.